The Balaban J connectivity index is 1.64. The van der Waals surface area contributed by atoms with Crippen molar-refractivity contribution in [2.24, 2.45) is 0 Å². The Morgan fingerprint density at radius 1 is 1.00 bits per heavy atom. The molecule has 3 rings (SSSR count). The van der Waals surface area contributed by atoms with Gasteiger partial charge in [0.1, 0.15) is 0 Å². The van der Waals surface area contributed by atoms with Crippen LogP contribution in [0.25, 0.3) is 0 Å². The highest BCUT2D eigenvalue weighted by atomic mass is 32.2. The van der Waals surface area contributed by atoms with Gasteiger partial charge in [-0.25, -0.2) is 8.42 Å². The molecule has 0 aliphatic carbocycles. The van der Waals surface area contributed by atoms with Gasteiger partial charge >= 0.3 is 0 Å². The van der Waals surface area contributed by atoms with Gasteiger partial charge in [0.25, 0.3) is 5.91 Å². The van der Waals surface area contributed by atoms with Crippen LogP contribution in [0.4, 0.5) is 5.69 Å². The number of carbonyl (C=O) groups is 1. The number of morpholine rings is 1. The number of amides is 1. The van der Waals surface area contributed by atoms with Crippen LogP contribution in [-0.2, 0) is 20.5 Å². The second-order valence-corrected chi connectivity index (χ2v) is 7.55. The van der Waals surface area contributed by atoms with Gasteiger partial charge in [-0.3, -0.25) is 9.52 Å². The van der Waals surface area contributed by atoms with E-state index in [-0.39, 0.29) is 11.7 Å². The van der Waals surface area contributed by atoms with E-state index in [9.17, 15) is 13.2 Å². The molecule has 1 heterocycles. The first-order valence-electron chi connectivity index (χ1n) is 8.05. The topological polar surface area (TPSA) is 75.7 Å². The SMILES string of the molecule is O=C(c1ccc(NS(=O)(=O)Cc2ccccc2)cc1)N1CCOCC1. The number of sulfonamides is 1. The lowest BCUT2D eigenvalue weighted by atomic mass is 10.2. The molecule has 2 aromatic carbocycles. The lowest BCUT2D eigenvalue weighted by molar-refractivity contribution is 0.0303. The number of ether oxygens (including phenoxy) is 1. The van der Waals surface area contributed by atoms with Crippen LogP contribution in [0.15, 0.2) is 54.6 Å². The number of benzene rings is 2. The molecule has 0 bridgehead atoms. The van der Waals surface area contributed by atoms with Gasteiger partial charge < -0.3 is 9.64 Å². The molecule has 1 saturated heterocycles. The zero-order chi connectivity index (χ0) is 17.7. The van der Waals surface area contributed by atoms with Gasteiger partial charge in [0.2, 0.25) is 10.0 Å². The number of hydrogen-bond acceptors (Lipinski definition) is 4. The molecule has 0 aromatic heterocycles. The number of nitrogens with one attached hydrogen (secondary N) is 1. The average molecular weight is 360 g/mol. The van der Waals surface area contributed by atoms with Crippen molar-refractivity contribution in [1.29, 1.82) is 0 Å². The predicted molar refractivity (Wildman–Crippen MR) is 95.9 cm³/mol. The molecule has 1 aliphatic rings. The Hall–Kier alpha value is -2.38. The molecule has 25 heavy (non-hydrogen) atoms. The summed E-state index contributed by atoms with van der Waals surface area (Å²) in [5, 5.41) is 0. The Bertz CT molecular complexity index is 814. The van der Waals surface area contributed by atoms with Crippen molar-refractivity contribution in [2.45, 2.75) is 5.75 Å². The van der Waals surface area contributed by atoms with Crippen LogP contribution < -0.4 is 4.72 Å². The Morgan fingerprint density at radius 2 is 1.64 bits per heavy atom. The smallest absolute Gasteiger partial charge is 0.254 e. The van der Waals surface area contributed by atoms with Gasteiger partial charge in [-0.05, 0) is 29.8 Å². The monoisotopic (exact) mass is 360 g/mol. The summed E-state index contributed by atoms with van der Waals surface area (Å²) in [6, 6.07) is 15.5. The van der Waals surface area contributed by atoms with Gasteiger partial charge in [-0.15, -0.1) is 0 Å². The molecule has 1 aliphatic heterocycles. The maximum absolute atomic E-state index is 12.4. The normalized spacial score (nSPS) is 15.0. The second kappa shape index (κ2) is 7.67. The third-order valence-electron chi connectivity index (χ3n) is 3.90. The van der Waals surface area contributed by atoms with E-state index in [1.807, 2.05) is 6.07 Å². The fourth-order valence-corrected chi connectivity index (χ4v) is 3.84. The molecular weight excluding hydrogens is 340 g/mol. The highest BCUT2D eigenvalue weighted by Gasteiger charge is 2.18. The van der Waals surface area contributed by atoms with Crippen molar-refractivity contribution in [3.8, 4) is 0 Å². The zero-order valence-corrected chi connectivity index (χ0v) is 14.5. The third kappa shape index (κ3) is 4.80. The number of rotatable bonds is 5. The van der Waals surface area contributed by atoms with Crippen LogP contribution in [0.3, 0.4) is 0 Å². The van der Waals surface area contributed by atoms with E-state index in [4.69, 9.17) is 4.74 Å². The molecule has 1 fully saturated rings. The maximum atomic E-state index is 12.4. The average Bonchev–Trinajstić information content (AvgIpc) is 2.62. The number of nitrogens with zero attached hydrogens (tertiary/aromatic N) is 1. The first kappa shape index (κ1) is 17.4. The second-order valence-electron chi connectivity index (χ2n) is 5.83. The van der Waals surface area contributed by atoms with Crippen LogP contribution in [0.5, 0.6) is 0 Å². The van der Waals surface area contributed by atoms with E-state index < -0.39 is 10.0 Å². The third-order valence-corrected chi connectivity index (χ3v) is 5.16. The first-order valence-corrected chi connectivity index (χ1v) is 9.70. The van der Waals surface area contributed by atoms with Gasteiger partial charge in [0.15, 0.2) is 0 Å². The number of hydrogen-bond donors (Lipinski definition) is 1. The van der Waals surface area contributed by atoms with Crippen molar-refractivity contribution < 1.29 is 17.9 Å². The highest BCUT2D eigenvalue weighted by Crippen LogP contribution is 2.15. The predicted octanol–water partition coefficient (Wildman–Crippen LogP) is 2.10. The molecular formula is C18H20N2O4S. The van der Waals surface area contributed by atoms with Crippen molar-refractivity contribution in [1.82, 2.24) is 4.90 Å². The quantitative estimate of drug-likeness (QED) is 0.886. The fraction of sp³-hybridized carbons (Fsp3) is 0.278. The van der Waals surface area contributed by atoms with Crippen LogP contribution in [0.1, 0.15) is 15.9 Å². The van der Waals surface area contributed by atoms with Gasteiger partial charge in [-0.1, -0.05) is 30.3 Å². The fourth-order valence-electron chi connectivity index (χ4n) is 2.64. The molecule has 0 radical (unpaired) electrons. The number of anilines is 1. The van der Waals surface area contributed by atoms with Crippen LogP contribution >= 0.6 is 0 Å². The summed E-state index contributed by atoms with van der Waals surface area (Å²) in [7, 11) is -3.50. The molecule has 7 heteroatoms. The minimum atomic E-state index is -3.50. The summed E-state index contributed by atoms with van der Waals surface area (Å²) in [4.78, 5) is 14.1. The van der Waals surface area contributed by atoms with E-state index in [0.717, 1.165) is 0 Å². The molecule has 0 saturated carbocycles. The van der Waals surface area contributed by atoms with Crippen LogP contribution in [0, 0.1) is 0 Å². The van der Waals surface area contributed by atoms with Crippen molar-refractivity contribution in [3.63, 3.8) is 0 Å². The lowest BCUT2D eigenvalue weighted by Crippen LogP contribution is -2.40. The van der Waals surface area contributed by atoms with Crippen LogP contribution in [-0.4, -0.2) is 45.5 Å². The van der Waals surface area contributed by atoms with Gasteiger partial charge in [0, 0.05) is 24.3 Å². The summed E-state index contributed by atoms with van der Waals surface area (Å²) >= 11 is 0. The van der Waals surface area contributed by atoms with Crippen molar-refractivity contribution >= 4 is 21.6 Å². The lowest BCUT2D eigenvalue weighted by Gasteiger charge is -2.26. The highest BCUT2D eigenvalue weighted by molar-refractivity contribution is 7.91. The minimum Gasteiger partial charge on any atom is -0.378 e. The Labute approximate surface area is 147 Å². The van der Waals surface area contributed by atoms with E-state index in [2.05, 4.69) is 4.72 Å². The molecule has 132 valence electrons. The molecule has 6 nitrogen and oxygen atoms in total. The summed E-state index contributed by atoms with van der Waals surface area (Å²) in [6.07, 6.45) is 0. The molecule has 1 amide bonds. The molecule has 0 unspecified atom stereocenters. The summed E-state index contributed by atoms with van der Waals surface area (Å²) in [6.45, 7) is 2.24. The van der Waals surface area contributed by atoms with Crippen molar-refractivity contribution in [2.75, 3.05) is 31.0 Å². The van der Waals surface area contributed by atoms with Gasteiger partial charge in [-0.2, -0.15) is 0 Å². The largest absolute Gasteiger partial charge is 0.378 e. The molecule has 2 aromatic rings. The molecule has 0 atom stereocenters. The van der Waals surface area contributed by atoms with E-state index in [1.165, 1.54) is 0 Å². The van der Waals surface area contributed by atoms with E-state index in [0.29, 0.717) is 43.1 Å². The first-order chi connectivity index (χ1) is 12.0. The Morgan fingerprint density at radius 3 is 2.28 bits per heavy atom. The number of carbonyl (C=O) groups excluding carboxylic acids is 1. The molecule has 1 N–H and O–H groups in total. The van der Waals surface area contributed by atoms with Gasteiger partial charge in [0.05, 0.1) is 19.0 Å². The zero-order valence-electron chi connectivity index (χ0n) is 13.7. The van der Waals surface area contributed by atoms with E-state index in [1.54, 1.807) is 53.4 Å². The summed E-state index contributed by atoms with van der Waals surface area (Å²) in [5.74, 6) is -0.163. The standard InChI is InChI=1S/C18H20N2O4S/c21-18(20-10-12-24-13-11-20)16-6-8-17(9-7-16)19-25(22,23)14-15-4-2-1-3-5-15/h1-9,19H,10-14H2. The minimum absolute atomic E-state index is 0.0676. The molecule has 0 spiro atoms. The Kier molecular flexibility index (Phi) is 5.35. The summed E-state index contributed by atoms with van der Waals surface area (Å²) < 4.78 is 32.2. The van der Waals surface area contributed by atoms with E-state index >= 15 is 0 Å². The van der Waals surface area contributed by atoms with Crippen molar-refractivity contribution in [3.05, 3.63) is 65.7 Å². The maximum Gasteiger partial charge on any atom is 0.254 e. The van der Waals surface area contributed by atoms with Crippen LogP contribution in [0.2, 0.25) is 0 Å². The summed E-state index contributed by atoms with van der Waals surface area (Å²) in [5.41, 5.74) is 1.69.